The van der Waals surface area contributed by atoms with Gasteiger partial charge in [-0.15, -0.1) is 0 Å². The Labute approximate surface area is 94.6 Å². The Kier molecular flexibility index (Phi) is 6.09. The third-order valence-electron chi connectivity index (χ3n) is 1.92. The summed E-state index contributed by atoms with van der Waals surface area (Å²) in [5.74, 6) is -0.918. The van der Waals surface area contributed by atoms with Crippen molar-refractivity contribution in [1.82, 2.24) is 15.1 Å². The first-order valence-electron chi connectivity index (χ1n) is 4.79. The van der Waals surface area contributed by atoms with Crippen molar-refractivity contribution in [2.75, 3.05) is 40.8 Å². The number of likely N-dealkylation sites (N-methyl/N-ethyl adjacent to an activating group) is 2. The maximum atomic E-state index is 11.4. The van der Waals surface area contributed by atoms with E-state index in [4.69, 9.17) is 5.73 Å². The van der Waals surface area contributed by atoms with Gasteiger partial charge >= 0.3 is 0 Å². The molecular formula is C9H18N4O3. The maximum absolute atomic E-state index is 11.4. The molecule has 0 saturated heterocycles. The lowest BCUT2D eigenvalue weighted by atomic mass is 10.4. The smallest absolute Gasteiger partial charge is 0.242 e. The lowest BCUT2D eigenvalue weighted by Gasteiger charge is -2.19. The SMILES string of the molecule is CN(C)C(=O)CN(C)C(=O)CNC(=O)CN. The van der Waals surface area contributed by atoms with E-state index in [-0.39, 0.29) is 31.4 Å². The molecule has 0 aromatic carbocycles. The Morgan fingerprint density at radius 3 is 2.12 bits per heavy atom. The molecular weight excluding hydrogens is 212 g/mol. The highest BCUT2D eigenvalue weighted by Gasteiger charge is 2.14. The van der Waals surface area contributed by atoms with Crippen molar-refractivity contribution >= 4 is 17.7 Å². The first kappa shape index (κ1) is 14.4. The van der Waals surface area contributed by atoms with Crippen LogP contribution in [0.15, 0.2) is 0 Å². The molecule has 0 aromatic heterocycles. The molecule has 16 heavy (non-hydrogen) atoms. The zero-order valence-electron chi connectivity index (χ0n) is 9.82. The summed E-state index contributed by atoms with van der Waals surface area (Å²) in [6, 6.07) is 0. The summed E-state index contributed by atoms with van der Waals surface area (Å²) < 4.78 is 0. The minimum atomic E-state index is -0.402. The van der Waals surface area contributed by atoms with Gasteiger partial charge in [-0.2, -0.15) is 0 Å². The third-order valence-corrected chi connectivity index (χ3v) is 1.92. The summed E-state index contributed by atoms with van der Waals surface area (Å²) in [4.78, 5) is 36.1. The Hall–Kier alpha value is -1.63. The van der Waals surface area contributed by atoms with Crippen molar-refractivity contribution in [2.45, 2.75) is 0 Å². The van der Waals surface area contributed by atoms with Crippen molar-refractivity contribution in [3.05, 3.63) is 0 Å². The fourth-order valence-corrected chi connectivity index (χ4v) is 0.814. The summed E-state index contributed by atoms with van der Waals surface area (Å²) >= 11 is 0. The van der Waals surface area contributed by atoms with Crippen molar-refractivity contribution < 1.29 is 14.4 Å². The van der Waals surface area contributed by atoms with Crippen LogP contribution in [0.5, 0.6) is 0 Å². The van der Waals surface area contributed by atoms with E-state index in [0.29, 0.717) is 0 Å². The van der Waals surface area contributed by atoms with Gasteiger partial charge in [0.2, 0.25) is 17.7 Å². The number of nitrogens with one attached hydrogen (secondary N) is 1. The number of amides is 3. The Balaban J connectivity index is 4.00. The van der Waals surface area contributed by atoms with Crippen LogP contribution in [0.2, 0.25) is 0 Å². The number of hydrogen-bond donors (Lipinski definition) is 2. The highest BCUT2D eigenvalue weighted by molar-refractivity contribution is 5.88. The summed E-state index contributed by atoms with van der Waals surface area (Å²) in [7, 11) is 4.71. The number of nitrogens with two attached hydrogens (primary N) is 1. The van der Waals surface area contributed by atoms with Crippen LogP contribution in [0.4, 0.5) is 0 Å². The average Bonchev–Trinajstić information content (AvgIpc) is 2.24. The predicted molar refractivity (Wildman–Crippen MR) is 58.4 cm³/mol. The first-order valence-corrected chi connectivity index (χ1v) is 4.79. The molecule has 3 N–H and O–H groups in total. The minimum Gasteiger partial charge on any atom is -0.347 e. The van der Waals surface area contributed by atoms with Gasteiger partial charge < -0.3 is 20.9 Å². The van der Waals surface area contributed by atoms with Crippen LogP contribution in [-0.4, -0.2) is 68.3 Å². The van der Waals surface area contributed by atoms with E-state index in [1.807, 2.05) is 0 Å². The molecule has 0 radical (unpaired) electrons. The molecule has 0 aliphatic carbocycles. The lowest BCUT2D eigenvalue weighted by Crippen LogP contribution is -2.43. The summed E-state index contributed by atoms with van der Waals surface area (Å²) in [6.07, 6.45) is 0. The van der Waals surface area contributed by atoms with E-state index < -0.39 is 5.91 Å². The van der Waals surface area contributed by atoms with Gasteiger partial charge in [0.15, 0.2) is 0 Å². The molecule has 0 aliphatic rings. The molecule has 0 unspecified atom stereocenters. The van der Waals surface area contributed by atoms with Crippen molar-refractivity contribution in [3.63, 3.8) is 0 Å². The number of nitrogens with zero attached hydrogens (tertiary/aromatic N) is 2. The van der Waals surface area contributed by atoms with Crippen LogP contribution in [0.3, 0.4) is 0 Å². The van der Waals surface area contributed by atoms with E-state index >= 15 is 0 Å². The van der Waals surface area contributed by atoms with Crippen LogP contribution < -0.4 is 11.1 Å². The molecule has 0 atom stereocenters. The lowest BCUT2D eigenvalue weighted by molar-refractivity contribution is -0.138. The summed E-state index contributed by atoms with van der Waals surface area (Å²) in [6.45, 7) is -0.314. The summed E-state index contributed by atoms with van der Waals surface area (Å²) in [5, 5.41) is 2.34. The zero-order chi connectivity index (χ0) is 12.7. The van der Waals surface area contributed by atoms with Gasteiger partial charge in [-0.3, -0.25) is 14.4 Å². The van der Waals surface area contributed by atoms with Crippen molar-refractivity contribution in [1.29, 1.82) is 0 Å². The highest BCUT2D eigenvalue weighted by atomic mass is 16.2. The fraction of sp³-hybridized carbons (Fsp3) is 0.667. The summed E-state index contributed by atoms with van der Waals surface area (Å²) in [5.41, 5.74) is 5.06. The molecule has 0 heterocycles. The zero-order valence-corrected chi connectivity index (χ0v) is 9.82. The monoisotopic (exact) mass is 230 g/mol. The third kappa shape index (κ3) is 5.30. The van der Waals surface area contributed by atoms with Crippen LogP contribution in [0.1, 0.15) is 0 Å². The molecule has 7 heteroatoms. The normalized spacial score (nSPS) is 9.50. The molecule has 7 nitrogen and oxygen atoms in total. The van der Waals surface area contributed by atoms with E-state index in [1.165, 1.54) is 16.8 Å². The maximum Gasteiger partial charge on any atom is 0.242 e. The van der Waals surface area contributed by atoms with Gasteiger partial charge in [0.05, 0.1) is 19.6 Å². The quantitative estimate of drug-likeness (QED) is 0.550. The Morgan fingerprint density at radius 2 is 1.69 bits per heavy atom. The number of carbonyl (C=O) groups excluding carboxylic acids is 3. The van der Waals surface area contributed by atoms with Crippen LogP contribution in [0, 0.1) is 0 Å². The largest absolute Gasteiger partial charge is 0.347 e. The van der Waals surface area contributed by atoms with Crippen LogP contribution in [-0.2, 0) is 14.4 Å². The van der Waals surface area contributed by atoms with Gasteiger partial charge in [0, 0.05) is 21.1 Å². The van der Waals surface area contributed by atoms with E-state index in [2.05, 4.69) is 5.32 Å². The van der Waals surface area contributed by atoms with Gasteiger partial charge in [-0.25, -0.2) is 0 Å². The van der Waals surface area contributed by atoms with Crippen LogP contribution >= 0.6 is 0 Å². The molecule has 0 bridgehead atoms. The van der Waals surface area contributed by atoms with Crippen molar-refractivity contribution in [3.8, 4) is 0 Å². The number of rotatable bonds is 5. The molecule has 3 amide bonds. The number of carbonyl (C=O) groups is 3. The number of hydrogen-bond acceptors (Lipinski definition) is 4. The molecule has 0 aliphatic heterocycles. The van der Waals surface area contributed by atoms with Gasteiger partial charge in [0.25, 0.3) is 0 Å². The second kappa shape index (κ2) is 6.78. The highest BCUT2D eigenvalue weighted by Crippen LogP contribution is 1.87. The predicted octanol–water partition coefficient (Wildman–Crippen LogP) is -2.39. The van der Waals surface area contributed by atoms with Crippen molar-refractivity contribution in [2.24, 2.45) is 5.73 Å². The first-order chi connectivity index (χ1) is 7.38. The molecule has 92 valence electrons. The molecule has 0 fully saturated rings. The minimum absolute atomic E-state index is 0.00959. The molecule has 0 spiro atoms. The molecule has 0 saturated carbocycles. The fourth-order valence-electron chi connectivity index (χ4n) is 0.814. The van der Waals surface area contributed by atoms with E-state index in [0.717, 1.165) is 0 Å². The average molecular weight is 230 g/mol. The standard InChI is InChI=1S/C9H18N4O3/c1-12(2)9(16)6-13(3)8(15)5-11-7(14)4-10/h4-6,10H2,1-3H3,(H,11,14). The van der Waals surface area contributed by atoms with E-state index in [1.54, 1.807) is 14.1 Å². The van der Waals surface area contributed by atoms with Gasteiger partial charge in [0.1, 0.15) is 0 Å². The second-order valence-corrected chi connectivity index (χ2v) is 3.52. The second-order valence-electron chi connectivity index (χ2n) is 3.52. The molecule has 0 rings (SSSR count). The van der Waals surface area contributed by atoms with Gasteiger partial charge in [-0.1, -0.05) is 0 Å². The van der Waals surface area contributed by atoms with E-state index in [9.17, 15) is 14.4 Å². The van der Waals surface area contributed by atoms with Crippen LogP contribution in [0.25, 0.3) is 0 Å². The Morgan fingerprint density at radius 1 is 1.12 bits per heavy atom. The topological polar surface area (TPSA) is 95.7 Å². The van der Waals surface area contributed by atoms with Gasteiger partial charge in [-0.05, 0) is 0 Å². The Bertz CT molecular complexity index is 278. The molecule has 0 aromatic rings.